The van der Waals surface area contributed by atoms with Crippen LogP contribution in [0.1, 0.15) is 18.4 Å². The molecule has 1 aliphatic rings. The first-order valence-electron chi connectivity index (χ1n) is 9.49. The number of rotatable bonds is 8. The van der Waals surface area contributed by atoms with Crippen LogP contribution in [0.5, 0.6) is 5.75 Å². The second-order valence-electron chi connectivity index (χ2n) is 7.25. The number of ether oxygens (including phenoxy) is 1. The van der Waals surface area contributed by atoms with Crippen molar-refractivity contribution in [1.82, 2.24) is 9.78 Å². The molecular weight excluding hydrogens is 516 g/mol. The molecule has 11 heteroatoms. The van der Waals surface area contributed by atoms with Gasteiger partial charge < -0.3 is 4.74 Å². The molecule has 1 saturated carbocycles. The molecule has 0 amide bonds. The SMILES string of the molecule is COc1ccc(CN(c2nn(CC(F)F)c3c(Br)ccc(Cl)c23)S(=O)(=O)C2CC2)cc1. The Balaban J connectivity index is 1.89. The topological polar surface area (TPSA) is 64.4 Å². The smallest absolute Gasteiger partial charge is 0.257 e. The van der Waals surface area contributed by atoms with Crippen molar-refractivity contribution < 1.29 is 21.9 Å². The van der Waals surface area contributed by atoms with E-state index in [9.17, 15) is 17.2 Å². The Bertz CT molecular complexity index is 1210. The monoisotopic (exact) mass is 533 g/mol. The molecule has 6 nitrogen and oxygen atoms in total. The molecule has 0 N–H and O–H groups in total. The van der Waals surface area contributed by atoms with Gasteiger partial charge in [-0.1, -0.05) is 23.7 Å². The highest BCUT2D eigenvalue weighted by Crippen LogP contribution is 2.41. The summed E-state index contributed by atoms with van der Waals surface area (Å²) < 4.78 is 61.1. The normalized spacial score (nSPS) is 14.4. The van der Waals surface area contributed by atoms with E-state index >= 15 is 0 Å². The highest BCUT2D eigenvalue weighted by atomic mass is 79.9. The van der Waals surface area contributed by atoms with Crippen molar-refractivity contribution in [2.45, 2.75) is 37.6 Å². The zero-order valence-electron chi connectivity index (χ0n) is 16.4. The third-order valence-electron chi connectivity index (χ3n) is 5.06. The van der Waals surface area contributed by atoms with Crippen molar-refractivity contribution >= 4 is 54.3 Å². The van der Waals surface area contributed by atoms with E-state index in [-0.39, 0.29) is 17.4 Å². The van der Waals surface area contributed by atoms with Gasteiger partial charge in [0.1, 0.15) is 12.3 Å². The third kappa shape index (κ3) is 4.38. The predicted octanol–water partition coefficient (Wildman–Crippen LogP) is 5.22. The maximum atomic E-state index is 13.3. The first-order chi connectivity index (χ1) is 14.7. The molecule has 166 valence electrons. The fourth-order valence-electron chi connectivity index (χ4n) is 3.39. The Morgan fingerprint density at radius 1 is 1.26 bits per heavy atom. The Hall–Kier alpha value is -1.91. The Labute approximate surface area is 191 Å². The Morgan fingerprint density at radius 3 is 2.52 bits per heavy atom. The van der Waals surface area contributed by atoms with Gasteiger partial charge in [-0.2, -0.15) is 5.10 Å². The van der Waals surface area contributed by atoms with Gasteiger partial charge in [-0.05, 0) is 58.6 Å². The molecular formula is C20H19BrClF2N3O3S. The maximum absolute atomic E-state index is 13.3. The van der Waals surface area contributed by atoms with Gasteiger partial charge >= 0.3 is 0 Å². The molecule has 4 rings (SSSR count). The second-order valence-corrected chi connectivity index (χ2v) is 10.6. The van der Waals surface area contributed by atoms with Gasteiger partial charge in [0.15, 0.2) is 5.82 Å². The van der Waals surface area contributed by atoms with Crippen LogP contribution in [0.25, 0.3) is 10.9 Å². The van der Waals surface area contributed by atoms with Crippen molar-refractivity contribution in [3.8, 4) is 5.75 Å². The van der Waals surface area contributed by atoms with E-state index in [1.807, 2.05) is 0 Å². The highest BCUT2D eigenvalue weighted by Gasteiger charge is 2.42. The molecule has 0 radical (unpaired) electrons. The zero-order chi connectivity index (χ0) is 22.3. The van der Waals surface area contributed by atoms with Crippen LogP contribution >= 0.6 is 27.5 Å². The largest absolute Gasteiger partial charge is 0.497 e. The number of methoxy groups -OCH3 is 1. The number of hydrogen-bond acceptors (Lipinski definition) is 4. The standard InChI is InChI=1S/C20H19BrClF2N3O3S/c1-30-13-4-2-12(3-5-13)10-27(31(28,29)14-6-7-14)20-18-16(22)9-8-15(21)19(18)26(25-20)11-17(23)24/h2-5,8-9,14,17H,6-7,10-11H2,1H3. The summed E-state index contributed by atoms with van der Waals surface area (Å²) in [4.78, 5) is 0. The van der Waals surface area contributed by atoms with Gasteiger partial charge in [0.2, 0.25) is 10.0 Å². The minimum absolute atomic E-state index is 0.00748. The van der Waals surface area contributed by atoms with Crippen LogP contribution in [0.4, 0.5) is 14.6 Å². The predicted molar refractivity (Wildman–Crippen MR) is 120 cm³/mol. The van der Waals surface area contributed by atoms with Gasteiger partial charge in [-0.25, -0.2) is 21.5 Å². The molecule has 1 heterocycles. The number of anilines is 1. The average Bonchev–Trinajstić information content (AvgIpc) is 3.52. The maximum Gasteiger partial charge on any atom is 0.257 e. The quantitative estimate of drug-likeness (QED) is 0.397. The van der Waals surface area contributed by atoms with Gasteiger partial charge in [-0.15, -0.1) is 0 Å². The number of aromatic nitrogens is 2. The first-order valence-corrected chi connectivity index (χ1v) is 12.2. The Morgan fingerprint density at radius 2 is 1.94 bits per heavy atom. The van der Waals surface area contributed by atoms with Gasteiger partial charge in [0.05, 0.1) is 34.8 Å². The minimum Gasteiger partial charge on any atom is -0.497 e. The molecule has 3 aromatic rings. The first kappa shape index (κ1) is 22.3. The third-order valence-corrected chi connectivity index (χ3v) is 8.25. The molecule has 0 unspecified atom stereocenters. The number of fused-ring (bicyclic) bond motifs is 1. The van der Waals surface area contributed by atoms with E-state index < -0.39 is 28.2 Å². The summed E-state index contributed by atoms with van der Waals surface area (Å²) in [5.41, 5.74) is 1.03. The lowest BCUT2D eigenvalue weighted by atomic mass is 10.2. The summed E-state index contributed by atoms with van der Waals surface area (Å²) in [6.07, 6.45) is -1.57. The zero-order valence-corrected chi connectivity index (χ0v) is 19.6. The summed E-state index contributed by atoms with van der Waals surface area (Å²) in [5.74, 6) is 0.684. The number of benzene rings is 2. The van der Waals surface area contributed by atoms with Crippen LogP contribution in [0.3, 0.4) is 0 Å². The van der Waals surface area contributed by atoms with Crippen LogP contribution in [0.15, 0.2) is 40.9 Å². The van der Waals surface area contributed by atoms with Crippen molar-refractivity contribution in [2.24, 2.45) is 0 Å². The molecule has 0 atom stereocenters. The fraction of sp³-hybridized carbons (Fsp3) is 0.350. The van der Waals surface area contributed by atoms with Crippen LogP contribution in [-0.4, -0.2) is 37.0 Å². The molecule has 0 bridgehead atoms. The van der Waals surface area contributed by atoms with Gasteiger partial charge in [-0.3, -0.25) is 4.68 Å². The van der Waals surface area contributed by atoms with Crippen LogP contribution in [0.2, 0.25) is 5.02 Å². The van der Waals surface area contributed by atoms with Crippen molar-refractivity contribution in [3.63, 3.8) is 0 Å². The van der Waals surface area contributed by atoms with Crippen molar-refractivity contribution in [3.05, 3.63) is 51.5 Å². The summed E-state index contributed by atoms with van der Waals surface area (Å²) in [5, 5.41) is 4.33. The van der Waals surface area contributed by atoms with Gasteiger partial charge in [0.25, 0.3) is 6.43 Å². The van der Waals surface area contributed by atoms with Crippen LogP contribution < -0.4 is 9.04 Å². The van der Waals surface area contributed by atoms with E-state index in [0.717, 1.165) is 4.68 Å². The lowest BCUT2D eigenvalue weighted by molar-refractivity contribution is 0.123. The minimum atomic E-state index is -3.77. The van der Waals surface area contributed by atoms with Crippen molar-refractivity contribution in [1.29, 1.82) is 0 Å². The number of hydrogen-bond donors (Lipinski definition) is 0. The summed E-state index contributed by atoms with van der Waals surface area (Å²) in [7, 11) is -2.22. The number of nitrogens with zero attached hydrogens (tertiary/aromatic N) is 3. The van der Waals surface area contributed by atoms with Gasteiger partial charge in [0, 0.05) is 4.47 Å². The van der Waals surface area contributed by atoms with E-state index in [0.29, 0.717) is 39.5 Å². The molecule has 1 aliphatic carbocycles. The lowest BCUT2D eigenvalue weighted by Gasteiger charge is -2.23. The molecule has 0 spiro atoms. The Kier molecular flexibility index (Phi) is 6.15. The number of sulfonamides is 1. The van der Waals surface area contributed by atoms with E-state index in [1.54, 1.807) is 43.5 Å². The van der Waals surface area contributed by atoms with Crippen molar-refractivity contribution in [2.75, 3.05) is 11.4 Å². The molecule has 0 aliphatic heterocycles. The van der Waals surface area contributed by atoms with E-state index in [4.69, 9.17) is 16.3 Å². The number of halogens is 4. The number of alkyl halides is 2. The fourth-order valence-corrected chi connectivity index (χ4v) is 5.95. The van der Waals surface area contributed by atoms with Crippen LogP contribution in [-0.2, 0) is 23.1 Å². The molecule has 31 heavy (non-hydrogen) atoms. The summed E-state index contributed by atoms with van der Waals surface area (Å²) in [6, 6.07) is 10.2. The highest BCUT2D eigenvalue weighted by molar-refractivity contribution is 9.10. The molecule has 1 fully saturated rings. The molecule has 1 aromatic heterocycles. The summed E-state index contributed by atoms with van der Waals surface area (Å²) >= 11 is 9.78. The molecule has 0 saturated heterocycles. The van der Waals surface area contributed by atoms with E-state index in [2.05, 4.69) is 21.0 Å². The van der Waals surface area contributed by atoms with Crippen LogP contribution in [0, 0.1) is 0 Å². The average molecular weight is 535 g/mol. The lowest BCUT2D eigenvalue weighted by Crippen LogP contribution is -2.34. The second kappa shape index (κ2) is 8.55. The van der Waals surface area contributed by atoms with E-state index in [1.165, 1.54) is 4.31 Å². The molecule has 2 aromatic carbocycles. The summed E-state index contributed by atoms with van der Waals surface area (Å²) in [6.45, 7) is -0.693.